The minimum absolute atomic E-state index is 0.262. The van der Waals surface area contributed by atoms with E-state index in [1.165, 1.54) is 6.07 Å². The number of benzene rings is 2. The van der Waals surface area contributed by atoms with Gasteiger partial charge in [0.15, 0.2) is 11.5 Å². The molecule has 27 heavy (non-hydrogen) atoms. The van der Waals surface area contributed by atoms with E-state index < -0.39 is 0 Å². The van der Waals surface area contributed by atoms with Gasteiger partial charge < -0.3 is 24.8 Å². The second kappa shape index (κ2) is 10.3. The Labute approximate surface area is 158 Å². The van der Waals surface area contributed by atoms with Crippen molar-refractivity contribution in [2.75, 3.05) is 34.4 Å². The molecule has 0 aliphatic rings. The largest absolute Gasteiger partial charge is 0.493 e. The zero-order valence-corrected chi connectivity index (χ0v) is 15.8. The fourth-order valence-electron chi connectivity index (χ4n) is 2.67. The Balaban J connectivity index is 1.80. The van der Waals surface area contributed by atoms with E-state index in [0.29, 0.717) is 48.7 Å². The van der Waals surface area contributed by atoms with E-state index in [4.69, 9.17) is 14.2 Å². The third-order valence-corrected chi connectivity index (χ3v) is 4.06. The van der Waals surface area contributed by atoms with Gasteiger partial charge in [-0.05, 0) is 42.2 Å². The van der Waals surface area contributed by atoms with Gasteiger partial charge in [-0.3, -0.25) is 0 Å². The maximum atomic E-state index is 13.5. The highest BCUT2D eigenvalue weighted by atomic mass is 19.1. The summed E-state index contributed by atoms with van der Waals surface area (Å²) in [5, 5.41) is 5.50. The van der Waals surface area contributed by atoms with Crippen LogP contribution >= 0.6 is 0 Å². The van der Waals surface area contributed by atoms with Crippen LogP contribution in [0.4, 0.5) is 9.18 Å². The molecule has 0 heterocycles. The topological polar surface area (TPSA) is 68.8 Å². The second-order valence-corrected chi connectivity index (χ2v) is 5.81. The van der Waals surface area contributed by atoms with Gasteiger partial charge in [0.05, 0.1) is 21.3 Å². The third-order valence-electron chi connectivity index (χ3n) is 4.06. The van der Waals surface area contributed by atoms with Gasteiger partial charge in [0.1, 0.15) is 5.82 Å². The molecule has 2 N–H and O–H groups in total. The van der Waals surface area contributed by atoms with Gasteiger partial charge in [0.25, 0.3) is 0 Å². The zero-order valence-electron chi connectivity index (χ0n) is 15.8. The Hall–Kier alpha value is -2.96. The van der Waals surface area contributed by atoms with Gasteiger partial charge in [-0.1, -0.05) is 18.2 Å². The van der Waals surface area contributed by atoms with Crippen molar-refractivity contribution in [2.24, 2.45) is 0 Å². The van der Waals surface area contributed by atoms with E-state index in [0.717, 1.165) is 5.56 Å². The number of halogens is 1. The Morgan fingerprint density at radius 1 is 0.926 bits per heavy atom. The van der Waals surface area contributed by atoms with E-state index in [2.05, 4.69) is 10.6 Å². The van der Waals surface area contributed by atoms with Gasteiger partial charge in [-0.2, -0.15) is 0 Å². The SMILES string of the molecule is COc1cc(CCNC(=O)NCCc2ccccc2F)cc(OC)c1OC. The molecule has 0 bridgehead atoms. The standard InChI is InChI=1S/C20H25FN2O4/c1-25-17-12-14(13-18(26-2)19(17)27-3)8-10-22-20(24)23-11-9-15-6-4-5-7-16(15)21/h4-7,12-13H,8-11H2,1-3H3,(H2,22,23,24). The number of carbonyl (C=O) groups is 1. The average molecular weight is 376 g/mol. The van der Waals surface area contributed by atoms with Crippen LogP contribution in [0, 0.1) is 5.82 Å². The molecule has 0 fully saturated rings. The van der Waals surface area contributed by atoms with Crippen LogP contribution < -0.4 is 24.8 Å². The van der Waals surface area contributed by atoms with Crippen molar-refractivity contribution in [3.05, 3.63) is 53.3 Å². The van der Waals surface area contributed by atoms with Crippen LogP contribution in [0.5, 0.6) is 17.2 Å². The van der Waals surface area contributed by atoms with E-state index in [9.17, 15) is 9.18 Å². The molecule has 0 saturated carbocycles. The minimum atomic E-state index is -0.293. The maximum Gasteiger partial charge on any atom is 0.314 e. The summed E-state index contributed by atoms with van der Waals surface area (Å²) in [7, 11) is 4.66. The van der Waals surface area contributed by atoms with Crippen LogP contribution in [-0.2, 0) is 12.8 Å². The molecule has 2 aromatic rings. The molecule has 0 radical (unpaired) electrons. The number of hydrogen-bond donors (Lipinski definition) is 2. The first-order valence-corrected chi connectivity index (χ1v) is 8.63. The molecule has 0 aliphatic heterocycles. The third kappa shape index (κ3) is 5.77. The summed E-state index contributed by atoms with van der Waals surface area (Å²) in [6, 6.07) is 9.93. The predicted octanol–water partition coefficient (Wildman–Crippen LogP) is 2.94. The van der Waals surface area contributed by atoms with Gasteiger partial charge in [0.2, 0.25) is 5.75 Å². The molecule has 146 valence electrons. The van der Waals surface area contributed by atoms with Crippen molar-refractivity contribution in [2.45, 2.75) is 12.8 Å². The number of methoxy groups -OCH3 is 3. The van der Waals surface area contributed by atoms with Crippen LogP contribution in [0.3, 0.4) is 0 Å². The van der Waals surface area contributed by atoms with E-state index >= 15 is 0 Å². The number of ether oxygens (including phenoxy) is 3. The first-order valence-electron chi connectivity index (χ1n) is 8.63. The molecule has 6 nitrogen and oxygen atoms in total. The van der Waals surface area contributed by atoms with Gasteiger partial charge in [0, 0.05) is 13.1 Å². The van der Waals surface area contributed by atoms with E-state index in [-0.39, 0.29) is 11.8 Å². The second-order valence-electron chi connectivity index (χ2n) is 5.81. The Morgan fingerprint density at radius 3 is 2.07 bits per heavy atom. The lowest BCUT2D eigenvalue weighted by Crippen LogP contribution is -2.37. The summed E-state index contributed by atoms with van der Waals surface area (Å²) in [5.74, 6) is 1.41. The number of nitrogens with one attached hydrogen (secondary N) is 2. The van der Waals surface area contributed by atoms with Gasteiger partial charge in [-0.25, -0.2) is 9.18 Å². The van der Waals surface area contributed by atoms with E-state index in [1.807, 2.05) is 12.1 Å². The van der Waals surface area contributed by atoms with Crippen LogP contribution in [0.2, 0.25) is 0 Å². The number of hydrogen-bond acceptors (Lipinski definition) is 4. The normalized spacial score (nSPS) is 10.2. The average Bonchev–Trinajstić information content (AvgIpc) is 2.68. The highest BCUT2D eigenvalue weighted by Crippen LogP contribution is 2.38. The molecule has 0 aromatic heterocycles. The molecule has 7 heteroatoms. The molecule has 0 saturated heterocycles. The lowest BCUT2D eigenvalue weighted by molar-refractivity contribution is 0.241. The van der Waals surface area contributed by atoms with Crippen molar-refractivity contribution in [3.63, 3.8) is 0 Å². The summed E-state index contributed by atoms with van der Waals surface area (Å²) >= 11 is 0. The molecule has 0 aliphatic carbocycles. The summed E-state index contributed by atoms with van der Waals surface area (Å²) in [5.41, 5.74) is 1.52. The molecule has 0 spiro atoms. The monoisotopic (exact) mass is 376 g/mol. The zero-order chi connectivity index (χ0) is 19.6. The predicted molar refractivity (Wildman–Crippen MR) is 101 cm³/mol. The molecular formula is C20H25FN2O4. The van der Waals surface area contributed by atoms with Crippen LogP contribution in [-0.4, -0.2) is 40.5 Å². The smallest absolute Gasteiger partial charge is 0.314 e. The van der Waals surface area contributed by atoms with Gasteiger partial charge in [-0.15, -0.1) is 0 Å². The first-order chi connectivity index (χ1) is 13.1. The van der Waals surface area contributed by atoms with E-state index in [1.54, 1.807) is 39.5 Å². The van der Waals surface area contributed by atoms with Crippen LogP contribution in [0.25, 0.3) is 0 Å². The van der Waals surface area contributed by atoms with Crippen molar-refractivity contribution in [1.82, 2.24) is 10.6 Å². The minimum Gasteiger partial charge on any atom is -0.493 e. The Morgan fingerprint density at radius 2 is 1.52 bits per heavy atom. The summed E-state index contributed by atoms with van der Waals surface area (Å²) in [6.07, 6.45) is 1.03. The van der Waals surface area contributed by atoms with Crippen LogP contribution in [0.1, 0.15) is 11.1 Å². The lowest BCUT2D eigenvalue weighted by Gasteiger charge is -2.14. The summed E-state index contributed by atoms with van der Waals surface area (Å²) in [6.45, 7) is 0.793. The quantitative estimate of drug-likeness (QED) is 0.706. The van der Waals surface area contributed by atoms with Crippen molar-refractivity contribution in [3.8, 4) is 17.2 Å². The number of carbonyl (C=O) groups excluding carboxylic acids is 1. The van der Waals surface area contributed by atoms with Gasteiger partial charge >= 0.3 is 6.03 Å². The van der Waals surface area contributed by atoms with Crippen LogP contribution in [0.15, 0.2) is 36.4 Å². The molecule has 2 amide bonds. The summed E-state index contributed by atoms with van der Waals surface area (Å²) < 4.78 is 29.4. The van der Waals surface area contributed by atoms with Crippen molar-refractivity contribution < 1.29 is 23.4 Å². The molecule has 2 aromatic carbocycles. The fourth-order valence-corrected chi connectivity index (χ4v) is 2.67. The molecule has 0 unspecified atom stereocenters. The Kier molecular flexibility index (Phi) is 7.73. The Bertz CT molecular complexity index is 742. The molecule has 2 rings (SSSR count). The number of rotatable bonds is 9. The highest BCUT2D eigenvalue weighted by molar-refractivity contribution is 5.73. The van der Waals surface area contributed by atoms with Crippen molar-refractivity contribution >= 4 is 6.03 Å². The number of urea groups is 1. The molecular weight excluding hydrogens is 351 g/mol. The summed E-state index contributed by atoms with van der Waals surface area (Å²) in [4.78, 5) is 11.9. The number of amides is 2. The first kappa shape index (κ1) is 20.4. The molecule has 0 atom stereocenters. The van der Waals surface area contributed by atoms with Crippen molar-refractivity contribution in [1.29, 1.82) is 0 Å². The highest BCUT2D eigenvalue weighted by Gasteiger charge is 2.13. The lowest BCUT2D eigenvalue weighted by atomic mass is 10.1. The fraction of sp³-hybridized carbons (Fsp3) is 0.350. The maximum absolute atomic E-state index is 13.5.